The van der Waals surface area contributed by atoms with Gasteiger partial charge in [0.15, 0.2) is 11.5 Å². The Bertz CT molecular complexity index is 1810. The maximum absolute atomic E-state index is 12.9. The second-order valence-electron chi connectivity index (χ2n) is 8.32. The van der Waals surface area contributed by atoms with Crippen molar-refractivity contribution in [3.05, 3.63) is 116 Å². The van der Waals surface area contributed by atoms with Crippen molar-refractivity contribution in [3.63, 3.8) is 0 Å². The summed E-state index contributed by atoms with van der Waals surface area (Å²) in [4.78, 5) is 4.17. The Hall–Kier alpha value is -5.09. The standard InChI is InChI=1S/C28H20N6O3S/c35-38(36,25-12-10-24(11-13-25)37-23-4-2-1-3-5-23)33-22-8-6-20(7-9-22)26-14-15-27-30-31-28(34(27)32-26)21-16-18-29-19-17-21/h1-19,33H. The van der Waals surface area contributed by atoms with Gasteiger partial charge < -0.3 is 4.74 Å². The number of benzene rings is 3. The van der Waals surface area contributed by atoms with Gasteiger partial charge in [0.05, 0.1) is 10.6 Å². The molecule has 0 aliphatic heterocycles. The lowest BCUT2D eigenvalue weighted by Gasteiger charge is -2.10. The van der Waals surface area contributed by atoms with Crippen molar-refractivity contribution in [3.8, 4) is 34.1 Å². The molecule has 3 heterocycles. The highest BCUT2D eigenvalue weighted by atomic mass is 32.2. The van der Waals surface area contributed by atoms with Gasteiger partial charge in [-0.15, -0.1) is 10.2 Å². The number of anilines is 1. The Labute approximate surface area is 218 Å². The SMILES string of the molecule is O=S(=O)(Nc1ccc(-c2ccc3nnc(-c4ccncc4)n3n2)cc1)c1ccc(Oc2ccccc2)cc1. The number of hydrogen-bond acceptors (Lipinski definition) is 7. The van der Waals surface area contributed by atoms with E-state index in [1.165, 1.54) is 12.1 Å². The second kappa shape index (κ2) is 9.75. The fourth-order valence-corrected chi connectivity index (χ4v) is 4.92. The highest BCUT2D eigenvalue weighted by molar-refractivity contribution is 7.92. The molecule has 0 amide bonds. The summed E-state index contributed by atoms with van der Waals surface area (Å²) in [6, 6.07) is 29.9. The van der Waals surface area contributed by atoms with Gasteiger partial charge >= 0.3 is 0 Å². The van der Waals surface area contributed by atoms with Crippen molar-refractivity contribution in [2.75, 3.05) is 4.72 Å². The Balaban J connectivity index is 1.19. The summed E-state index contributed by atoms with van der Waals surface area (Å²) in [5.74, 6) is 1.82. The molecule has 0 saturated heterocycles. The lowest BCUT2D eigenvalue weighted by Crippen LogP contribution is -2.12. The minimum atomic E-state index is -3.78. The number of nitrogens with one attached hydrogen (secondary N) is 1. The number of nitrogens with zero attached hydrogens (tertiary/aromatic N) is 5. The van der Waals surface area contributed by atoms with Crippen LogP contribution in [0.2, 0.25) is 0 Å². The maximum atomic E-state index is 12.9. The van der Waals surface area contributed by atoms with Crippen LogP contribution in [-0.2, 0) is 10.0 Å². The number of rotatable bonds is 7. The summed E-state index contributed by atoms with van der Waals surface area (Å²) in [5, 5.41) is 13.1. The minimum Gasteiger partial charge on any atom is -0.457 e. The first-order valence-electron chi connectivity index (χ1n) is 11.6. The molecule has 0 fully saturated rings. The topological polar surface area (TPSA) is 111 Å². The number of fused-ring (bicyclic) bond motifs is 1. The molecule has 0 aliphatic rings. The van der Waals surface area contributed by atoms with Crippen LogP contribution in [0.4, 0.5) is 5.69 Å². The predicted molar refractivity (Wildman–Crippen MR) is 143 cm³/mol. The quantitative estimate of drug-likeness (QED) is 0.298. The molecule has 38 heavy (non-hydrogen) atoms. The number of pyridine rings is 1. The first kappa shape index (κ1) is 23.3. The molecular formula is C28H20N6O3S. The van der Waals surface area contributed by atoms with Gasteiger partial charge in [0.25, 0.3) is 10.0 Å². The molecule has 0 saturated carbocycles. The van der Waals surface area contributed by atoms with Gasteiger partial charge in [0, 0.05) is 29.2 Å². The summed E-state index contributed by atoms with van der Waals surface area (Å²) in [6.07, 6.45) is 3.37. The van der Waals surface area contributed by atoms with Crippen molar-refractivity contribution in [2.45, 2.75) is 4.90 Å². The van der Waals surface area contributed by atoms with Crippen LogP contribution in [0.25, 0.3) is 28.3 Å². The maximum Gasteiger partial charge on any atom is 0.261 e. The van der Waals surface area contributed by atoms with E-state index in [0.717, 1.165) is 11.1 Å². The Morgan fingerprint density at radius 2 is 1.39 bits per heavy atom. The van der Waals surface area contributed by atoms with Crippen molar-refractivity contribution in [1.29, 1.82) is 0 Å². The summed E-state index contributed by atoms with van der Waals surface area (Å²) >= 11 is 0. The molecule has 10 heteroatoms. The molecular weight excluding hydrogens is 500 g/mol. The molecule has 6 aromatic rings. The van der Waals surface area contributed by atoms with E-state index in [1.54, 1.807) is 53.3 Å². The zero-order chi connectivity index (χ0) is 26.0. The molecule has 0 radical (unpaired) electrons. The third kappa shape index (κ3) is 4.80. The monoisotopic (exact) mass is 520 g/mol. The van der Waals surface area contributed by atoms with Gasteiger partial charge in [-0.25, -0.2) is 8.42 Å². The summed E-state index contributed by atoms with van der Waals surface area (Å²) in [7, 11) is -3.78. The number of para-hydroxylation sites is 1. The number of ether oxygens (including phenoxy) is 1. The molecule has 0 spiro atoms. The van der Waals surface area contributed by atoms with Gasteiger partial charge in [0.1, 0.15) is 11.5 Å². The van der Waals surface area contributed by atoms with Crippen LogP contribution in [0, 0.1) is 0 Å². The molecule has 3 aromatic heterocycles. The molecule has 186 valence electrons. The van der Waals surface area contributed by atoms with Crippen molar-refractivity contribution in [2.24, 2.45) is 0 Å². The van der Waals surface area contributed by atoms with Crippen LogP contribution >= 0.6 is 0 Å². The third-order valence-corrected chi connectivity index (χ3v) is 7.14. The number of aromatic nitrogens is 5. The molecule has 6 rings (SSSR count). The number of hydrogen-bond donors (Lipinski definition) is 1. The average molecular weight is 521 g/mol. The molecule has 0 atom stereocenters. The first-order chi connectivity index (χ1) is 18.5. The van der Waals surface area contributed by atoms with E-state index < -0.39 is 10.0 Å². The second-order valence-corrected chi connectivity index (χ2v) is 10.00. The van der Waals surface area contributed by atoms with Crippen LogP contribution in [0.5, 0.6) is 11.5 Å². The van der Waals surface area contributed by atoms with E-state index in [1.807, 2.05) is 54.6 Å². The predicted octanol–water partition coefficient (Wildman–Crippen LogP) is 5.45. The van der Waals surface area contributed by atoms with E-state index in [0.29, 0.717) is 34.4 Å². The van der Waals surface area contributed by atoms with E-state index >= 15 is 0 Å². The lowest BCUT2D eigenvalue weighted by molar-refractivity contribution is 0.482. The fraction of sp³-hybridized carbons (Fsp3) is 0. The Morgan fingerprint density at radius 1 is 0.684 bits per heavy atom. The summed E-state index contributed by atoms with van der Waals surface area (Å²) in [6.45, 7) is 0. The lowest BCUT2D eigenvalue weighted by atomic mass is 10.1. The zero-order valence-electron chi connectivity index (χ0n) is 19.8. The molecule has 0 aliphatic carbocycles. The minimum absolute atomic E-state index is 0.130. The summed E-state index contributed by atoms with van der Waals surface area (Å²) in [5.41, 5.74) is 3.40. The van der Waals surface area contributed by atoms with Gasteiger partial charge in [0.2, 0.25) is 0 Å². The van der Waals surface area contributed by atoms with E-state index in [-0.39, 0.29) is 4.90 Å². The molecule has 9 nitrogen and oxygen atoms in total. The largest absolute Gasteiger partial charge is 0.457 e. The highest BCUT2D eigenvalue weighted by Crippen LogP contribution is 2.26. The Kier molecular flexibility index (Phi) is 5.98. The van der Waals surface area contributed by atoms with Gasteiger partial charge in [-0.1, -0.05) is 30.3 Å². The number of sulfonamides is 1. The van der Waals surface area contributed by atoms with Gasteiger partial charge in [-0.05, 0) is 72.8 Å². The van der Waals surface area contributed by atoms with Crippen LogP contribution in [0.15, 0.2) is 120 Å². The van der Waals surface area contributed by atoms with Crippen LogP contribution in [0.1, 0.15) is 0 Å². The third-order valence-electron chi connectivity index (χ3n) is 5.75. The van der Waals surface area contributed by atoms with Crippen molar-refractivity contribution in [1.82, 2.24) is 24.8 Å². The van der Waals surface area contributed by atoms with Crippen LogP contribution < -0.4 is 9.46 Å². The van der Waals surface area contributed by atoms with E-state index in [4.69, 9.17) is 9.84 Å². The van der Waals surface area contributed by atoms with Gasteiger partial charge in [-0.2, -0.15) is 9.61 Å². The summed E-state index contributed by atoms with van der Waals surface area (Å²) < 4.78 is 35.9. The molecule has 0 unspecified atom stereocenters. The van der Waals surface area contributed by atoms with Crippen LogP contribution in [0.3, 0.4) is 0 Å². The van der Waals surface area contributed by atoms with E-state index in [2.05, 4.69) is 19.9 Å². The molecule has 3 aromatic carbocycles. The molecule has 1 N–H and O–H groups in total. The first-order valence-corrected chi connectivity index (χ1v) is 13.1. The van der Waals surface area contributed by atoms with E-state index in [9.17, 15) is 8.42 Å². The average Bonchev–Trinajstić information content (AvgIpc) is 3.38. The smallest absolute Gasteiger partial charge is 0.261 e. The van der Waals surface area contributed by atoms with Crippen molar-refractivity contribution >= 4 is 21.4 Å². The molecule has 0 bridgehead atoms. The highest BCUT2D eigenvalue weighted by Gasteiger charge is 2.15. The van der Waals surface area contributed by atoms with Gasteiger partial charge in [-0.3, -0.25) is 9.71 Å². The zero-order valence-corrected chi connectivity index (χ0v) is 20.7. The normalized spacial score (nSPS) is 11.4. The fourth-order valence-electron chi connectivity index (χ4n) is 3.86. The van der Waals surface area contributed by atoms with Crippen molar-refractivity contribution < 1.29 is 13.2 Å². The van der Waals surface area contributed by atoms with Crippen LogP contribution in [-0.4, -0.2) is 33.2 Å². The Morgan fingerprint density at radius 3 is 2.13 bits per heavy atom.